The van der Waals surface area contributed by atoms with Gasteiger partial charge in [0.25, 0.3) is 5.91 Å². The molecule has 2 aromatic rings. The zero-order valence-electron chi connectivity index (χ0n) is 11.1. The molecule has 1 atom stereocenters. The average Bonchev–Trinajstić information content (AvgIpc) is 2.42. The number of hydrogen-bond donors (Lipinski definition) is 2. The Morgan fingerprint density at radius 2 is 1.70 bits per heavy atom. The van der Waals surface area contributed by atoms with Crippen LogP contribution in [0, 0.1) is 0 Å². The van der Waals surface area contributed by atoms with E-state index in [0.29, 0.717) is 16.0 Å². The largest absolute Gasteiger partial charge is 0.366 e. The van der Waals surface area contributed by atoms with E-state index in [1.165, 1.54) is 0 Å². The molecule has 0 saturated heterocycles. The molecule has 2 aromatic carbocycles. The maximum atomic E-state index is 12.0. The van der Waals surface area contributed by atoms with E-state index in [-0.39, 0.29) is 12.1 Å². The highest BCUT2D eigenvalue weighted by Gasteiger charge is 2.09. The van der Waals surface area contributed by atoms with Crippen LogP contribution in [0.15, 0.2) is 48.5 Å². The number of amides is 1. The first kappa shape index (κ1) is 14.5. The molecule has 0 aliphatic rings. The predicted octanol–water partition coefficient (Wildman–Crippen LogP) is 2.32. The van der Waals surface area contributed by atoms with Crippen LogP contribution >= 0.6 is 11.6 Å². The molecule has 0 aliphatic carbocycles. The van der Waals surface area contributed by atoms with Crippen molar-refractivity contribution in [1.29, 1.82) is 0 Å². The van der Waals surface area contributed by atoms with Crippen LogP contribution in [-0.4, -0.2) is 19.9 Å². The van der Waals surface area contributed by atoms with Crippen molar-refractivity contribution in [3.05, 3.63) is 59.1 Å². The lowest BCUT2D eigenvalue weighted by Gasteiger charge is -2.17. The topological polar surface area (TPSA) is 41.1 Å². The molecule has 0 saturated carbocycles. The van der Waals surface area contributed by atoms with Gasteiger partial charge < -0.3 is 10.6 Å². The Morgan fingerprint density at radius 1 is 1.10 bits per heavy atom. The molecule has 100 valence electrons. The average molecular weight is 285 g/mol. The summed E-state index contributed by atoms with van der Waals surface area (Å²) in [6.07, 6.45) is -0.207. The lowest BCUT2D eigenvalue weighted by molar-refractivity contribution is 0.0944. The number of hydrogen-bond acceptors (Lipinski definition) is 2. The minimum absolute atomic E-state index is 0.154. The summed E-state index contributed by atoms with van der Waals surface area (Å²) >= 11 is 5.82. The molecule has 3 nitrogen and oxygen atoms in total. The van der Waals surface area contributed by atoms with Gasteiger partial charge in [0.05, 0.1) is 6.17 Å². The van der Waals surface area contributed by atoms with E-state index >= 15 is 0 Å². The fourth-order valence-electron chi connectivity index (χ4n) is 1.75. The lowest BCUT2D eigenvalue weighted by Crippen LogP contribution is -2.38. The third-order valence-electron chi connectivity index (χ3n) is 2.75. The molecule has 5 heteroatoms. The van der Waals surface area contributed by atoms with E-state index in [1.807, 2.05) is 19.1 Å². The molecule has 0 aliphatic heterocycles. The van der Waals surface area contributed by atoms with Crippen molar-refractivity contribution in [2.45, 2.75) is 13.1 Å². The van der Waals surface area contributed by atoms with Gasteiger partial charge in [0.2, 0.25) is 0 Å². The van der Waals surface area contributed by atoms with Crippen LogP contribution in [-0.2, 0) is 0 Å². The highest BCUT2D eigenvalue weighted by Crippen LogP contribution is 2.13. The second kappa shape index (κ2) is 6.48. The van der Waals surface area contributed by atoms with E-state index < -0.39 is 0 Å². The summed E-state index contributed by atoms with van der Waals surface area (Å²) < 4.78 is 0. The number of benzene rings is 2. The second-order valence-corrected chi connectivity index (χ2v) is 4.90. The first-order chi connectivity index (χ1) is 9.54. The standard InChI is InChI=1S/C15H14BClN2O/c1-10(18-14-8-6-13(17)7-9-14)19-15(20)11-2-4-12(16)5-3-11/h2-10,18H,1H3,(H,19,20). The molecular weight excluding hydrogens is 270 g/mol. The first-order valence-electron chi connectivity index (χ1n) is 6.23. The lowest BCUT2D eigenvalue weighted by atomic mass is 9.95. The predicted molar refractivity (Wildman–Crippen MR) is 83.8 cm³/mol. The third-order valence-corrected chi connectivity index (χ3v) is 3.00. The van der Waals surface area contributed by atoms with Gasteiger partial charge in [0, 0.05) is 16.3 Å². The van der Waals surface area contributed by atoms with Gasteiger partial charge in [-0.25, -0.2) is 0 Å². The van der Waals surface area contributed by atoms with E-state index in [9.17, 15) is 4.79 Å². The maximum absolute atomic E-state index is 12.0. The molecule has 0 aromatic heterocycles. The summed E-state index contributed by atoms with van der Waals surface area (Å²) in [6, 6.07) is 14.1. The number of rotatable bonds is 4. The Kier molecular flexibility index (Phi) is 4.69. The van der Waals surface area contributed by atoms with Crippen LogP contribution in [0.5, 0.6) is 0 Å². The van der Waals surface area contributed by atoms with Crippen LogP contribution in [0.4, 0.5) is 5.69 Å². The number of carbonyl (C=O) groups is 1. The first-order valence-corrected chi connectivity index (χ1v) is 6.61. The quantitative estimate of drug-likeness (QED) is 0.668. The number of anilines is 1. The number of nitrogens with one attached hydrogen (secondary N) is 2. The van der Waals surface area contributed by atoms with Crippen molar-refractivity contribution in [3.63, 3.8) is 0 Å². The summed E-state index contributed by atoms with van der Waals surface area (Å²) in [7, 11) is 5.59. The maximum Gasteiger partial charge on any atom is 0.252 e. The molecule has 2 N–H and O–H groups in total. The monoisotopic (exact) mass is 284 g/mol. The van der Waals surface area contributed by atoms with Crippen LogP contribution in [0.3, 0.4) is 0 Å². The SMILES string of the molecule is [B]c1ccc(C(=O)NC(C)Nc2ccc(Cl)cc2)cc1. The van der Waals surface area contributed by atoms with Crippen LogP contribution in [0.25, 0.3) is 0 Å². The van der Waals surface area contributed by atoms with Crippen molar-refractivity contribution >= 4 is 36.5 Å². The van der Waals surface area contributed by atoms with Crippen LogP contribution < -0.4 is 16.1 Å². The Bertz CT molecular complexity index is 584. The molecule has 0 spiro atoms. The second-order valence-electron chi connectivity index (χ2n) is 4.47. The van der Waals surface area contributed by atoms with Crippen LogP contribution in [0.1, 0.15) is 17.3 Å². The van der Waals surface area contributed by atoms with Gasteiger partial charge in [-0.15, -0.1) is 0 Å². The smallest absolute Gasteiger partial charge is 0.252 e. The Hall–Kier alpha value is -1.94. The zero-order valence-corrected chi connectivity index (χ0v) is 11.8. The molecule has 1 unspecified atom stereocenters. The summed E-state index contributed by atoms with van der Waals surface area (Å²) in [5.41, 5.74) is 2.09. The molecule has 2 radical (unpaired) electrons. The fourth-order valence-corrected chi connectivity index (χ4v) is 1.87. The van der Waals surface area contributed by atoms with Crippen LogP contribution in [0.2, 0.25) is 5.02 Å². The molecular formula is C15H14BClN2O. The van der Waals surface area contributed by atoms with E-state index in [0.717, 1.165) is 5.69 Å². The molecule has 1 amide bonds. The van der Waals surface area contributed by atoms with Crippen molar-refractivity contribution in [2.24, 2.45) is 0 Å². The van der Waals surface area contributed by atoms with Gasteiger partial charge in [0.1, 0.15) is 7.85 Å². The Labute approximate surface area is 124 Å². The zero-order chi connectivity index (χ0) is 14.5. The Morgan fingerprint density at radius 3 is 2.30 bits per heavy atom. The van der Waals surface area contributed by atoms with Gasteiger partial charge in [-0.1, -0.05) is 41.3 Å². The van der Waals surface area contributed by atoms with Gasteiger partial charge in [-0.05, 0) is 31.2 Å². The van der Waals surface area contributed by atoms with E-state index in [2.05, 4.69) is 10.6 Å². The normalized spacial score (nSPS) is 11.7. The van der Waals surface area contributed by atoms with Crippen molar-refractivity contribution < 1.29 is 4.79 Å². The molecule has 0 fully saturated rings. The summed E-state index contributed by atoms with van der Waals surface area (Å²) in [4.78, 5) is 12.0. The minimum atomic E-state index is -0.207. The fraction of sp³-hybridized carbons (Fsp3) is 0.133. The molecule has 0 heterocycles. The highest BCUT2D eigenvalue weighted by molar-refractivity contribution is 6.32. The van der Waals surface area contributed by atoms with Gasteiger partial charge in [-0.3, -0.25) is 4.79 Å². The van der Waals surface area contributed by atoms with Gasteiger partial charge >= 0.3 is 0 Å². The van der Waals surface area contributed by atoms with E-state index in [4.69, 9.17) is 19.4 Å². The molecule has 0 bridgehead atoms. The summed E-state index contributed by atoms with van der Waals surface area (Å²) in [5.74, 6) is -0.154. The Balaban J connectivity index is 1.93. The summed E-state index contributed by atoms with van der Waals surface area (Å²) in [6.45, 7) is 1.86. The molecule has 2 rings (SSSR count). The summed E-state index contributed by atoms with van der Waals surface area (Å²) in [5, 5.41) is 6.70. The third kappa shape index (κ3) is 4.03. The minimum Gasteiger partial charge on any atom is -0.366 e. The van der Waals surface area contributed by atoms with Gasteiger partial charge in [0.15, 0.2) is 0 Å². The molecule has 20 heavy (non-hydrogen) atoms. The number of halogens is 1. The van der Waals surface area contributed by atoms with E-state index in [1.54, 1.807) is 36.4 Å². The van der Waals surface area contributed by atoms with Crippen molar-refractivity contribution in [2.75, 3.05) is 5.32 Å². The van der Waals surface area contributed by atoms with Gasteiger partial charge in [-0.2, -0.15) is 0 Å². The van der Waals surface area contributed by atoms with Crippen molar-refractivity contribution in [3.8, 4) is 0 Å². The number of carbonyl (C=O) groups excluding carboxylic acids is 1. The van der Waals surface area contributed by atoms with Crippen molar-refractivity contribution in [1.82, 2.24) is 5.32 Å². The highest BCUT2D eigenvalue weighted by atomic mass is 35.5.